The minimum atomic E-state index is 0.464. The van der Waals surface area contributed by atoms with Gasteiger partial charge in [-0.1, -0.05) is 54.1 Å². The zero-order valence-electron chi connectivity index (χ0n) is 26.7. The van der Waals surface area contributed by atoms with Gasteiger partial charge in [-0.25, -0.2) is 4.98 Å². The maximum absolute atomic E-state index is 5.84. The summed E-state index contributed by atoms with van der Waals surface area (Å²) in [6, 6.07) is 28.4. The van der Waals surface area contributed by atoms with Crippen molar-refractivity contribution in [3.05, 3.63) is 108 Å². The van der Waals surface area contributed by atoms with Crippen molar-refractivity contribution < 1.29 is 28.4 Å². The van der Waals surface area contributed by atoms with Gasteiger partial charge in [-0.05, 0) is 62.4 Å². The highest BCUT2D eigenvalue weighted by atomic mass is 16.5. The number of nitrogens with zero attached hydrogens (tertiary/aromatic N) is 2. The summed E-state index contributed by atoms with van der Waals surface area (Å²) in [6.45, 7) is 9.19. The molecule has 240 valence electrons. The maximum Gasteiger partial charge on any atom is 0.119 e. The van der Waals surface area contributed by atoms with Crippen molar-refractivity contribution in [2.75, 3.05) is 66.1 Å². The van der Waals surface area contributed by atoms with Gasteiger partial charge in [0.25, 0.3) is 0 Å². The molecule has 0 saturated heterocycles. The Morgan fingerprint density at radius 3 is 1.57 bits per heavy atom. The van der Waals surface area contributed by atoms with Gasteiger partial charge in [-0.15, -0.1) is 0 Å². The normalized spacial score (nSPS) is 11.5. The molecule has 0 atom stereocenters. The SMILES string of the molecule is Cc1ccc(OCCOCCOCC=CCOCCOCCOc2ccc(-c3ccc4ccc5ccc(C)nc5c4n3)cc2)cc1. The molecule has 0 fully saturated rings. The monoisotopic (exact) mass is 622 g/mol. The number of benzene rings is 3. The summed E-state index contributed by atoms with van der Waals surface area (Å²) in [5, 5.41) is 2.17. The lowest BCUT2D eigenvalue weighted by Crippen LogP contribution is -2.11. The van der Waals surface area contributed by atoms with Crippen LogP contribution in [0.15, 0.2) is 97.1 Å². The smallest absolute Gasteiger partial charge is 0.119 e. The second kappa shape index (κ2) is 18.0. The van der Waals surface area contributed by atoms with Crippen LogP contribution in [0, 0.1) is 13.8 Å². The number of pyridine rings is 2. The van der Waals surface area contributed by atoms with Crippen LogP contribution in [0.1, 0.15) is 11.3 Å². The van der Waals surface area contributed by atoms with Crippen molar-refractivity contribution in [3.63, 3.8) is 0 Å². The molecular weight excluding hydrogens is 580 g/mol. The first-order valence-electron chi connectivity index (χ1n) is 15.7. The number of hydrogen-bond acceptors (Lipinski definition) is 8. The molecule has 46 heavy (non-hydrogen) atoms. The molecule has 0 amide bonds. The molecule has 8 heteroatoms. The molecule has 0 aliphatic carbocycles. The molecule has 2 aromatic heterocycles. The van der Waals surface area contributed by atoms with Crippen molar-refractivity contribution in [1.29, 1.82) is 0 Å². The Hall–Kier alpha value is -4.34. The van der Waals surface area contributed by atoms with Crippen LogP contribution < -0.4 is 9.47 Å². The van der Waals surface area contributed by atoms with Crippen LogP contribution in [0.25, 0.3) is 33.1 Å². The molecule has 8 nitrogen and oxygen atoms in total. The minimum absolute atomic E-state index is 0.464. The van der Waals surface area contributed by atoms with Crippen molar-refractivity contribution in [2.45, 2.75) is 13.8 Å². The Morgan fingerprint density at radius 1 is 0.478 bits per heavy atom. The van der Waals surface area contributed by atoms with Gasteiger partial charge in [0.1, 0.15) is 24.7 Å². The van der Waals surface area contributed by atoms with Crippen LogP contribution in [0.5, 0.6) is 11.5 Å². The molecule has 2 heterocycles. The first-order valence-corrected chi connectivity index (χ1v) is 15.7. The van der Waals surface area contributed by atoms with Crippen LogP contribution >= 0.6 is 0 Å². The fourth-order valence-corrected chi connectivity index (χ4v) is 4.70. The summed E-state index contributed by atoms with van der Waals surface area (Å²) in [6.07, 6.45) is 3.88. The van der Waals surface area contributed by atoms with Crippen molar-refractivity contribution in [2.24, 2.45) is 0 Å². The second-order valence-corrected chi connectivity index (χ2v) is 10.7. The molecule has 5 rings (SSSR count). The first kappa shape index (κ1) is 33.0. The Morgan fingerprint density at radius 2 is 0.957 bits per heavy atom. The van der Waals surface area contributed by atoms with Gasteiger partial charge in [0.2, 0.25) is 0 Å². The molecule has 0 N–H and O–H groups in total. The molecule has 0 spiro atoms. The third-order valence-electron chi connectivity index (χ3n) is 7.16. The summed E-state index contributed by atoms with van der Waals surface area (Å²) >= 11 is 0. The molecule has 0 bridgehead atoms. The van der Waals surface area contributed by atoms with Crippen LogP contribution in [0.4, 0.5) is 0 Å². The van der Waals surface area contributed by atoms with Crippen molar-refractivity contribution in [1.82, 2.24) is 9.97 Å². The Balaban J connectivity index is 0.873. The van der Waals surface area contributed by atoms with E-state index in [-0.39, 0.29) is 0 Å². The quantitative estimate of drug-likeness (QED) is 0.0546. The van der Waals surface area contributed by atoms with E-state index in [4.69, 9.17) is 38.4 Å². The average Bonchev–Trinajstić information content (AvgIpc) is 3.08. The summed E-state index contributed by atoms with van der Waals surface area (Å²) in [7, 11) is 0. The van der Waals surface area contributed by atoms with Gasteiger partial charge in [-0.2, -0.15) is 0 Å². The standard InChI is InChI=1S/C38H42N2O6/c1-29-5-14-34(15-6-29)45-27-25-43-23-21-41-19-3-4-20-42-22-24-44-26-28-46-35-16-11-31(12-17-35)36-18-13-33-10-9-32-8-7-30(2)39-37(32)38(33)40-36/h3-18H,19-28H2,1-2H3. The van der Waals surface area contributed by atoms with E-state index >= 15 is 0 Å². The highest BCUT2D eigenvalue weighted by Crippen LogP contribution is 2.27. The summed E-state index contributed by atoms with van der Waals surface area (Å²) in [4.78, 5) is 9.69. The van der Waals surface area contributed by atoms with E-state index in [1.54, 1.807) is 0 Å². The van der Waals surface area contributed by atoms with Crippen LogP contribution in [0.2, 0.25) is 0 Å². The first-order chi connectivity index (χ1) is 22.7. The number of aromatic nitrogens is 2. The molecule has 3 aromatic carbocycles. The van der Waals surface area contributed by atoms with E-state index in [2.05, 4.69) is 31.2 Å². The van der Waals surface area contributed by atoms with Crippen molar-refractivity contribution >= 4 is 21.8 Å². The highest BCUT2D eigenvalue weighted by Gasteiger charge is 2.07. The Labute approximate surface area is 270 Å². The molecule has 0 aliphatic rings. The van der Waals surface area contributed by atoms with Crippen molar-refractivity contribution in [3.8, 4) is 22.8 Å². The predicted molar refractivity (Wildman–Crippen MR) is 182 cm³/mol. The van der Waals surface area contributed by atoms with E-state index < -0.39 is 0 Å². The number of aryl methyl sites for hydroxylation is 2. The topological polar surface area (TPSA) is 81.2 Å². The molecule has 0 radical (unpaired) electrons. The number of fused-ring (bicyclic) bond motifs is 3. The van der Waals surface area contributed by atoms with Crippen LogP contribution in [0.3, 0.4) is 0 Å². The third kappa shape index (κ3) is 10.4. The van der Waals surface area contributed by atoms with Crippen LogP contribution in [-0.4, -0.2) is 76.0 Å². The summed E-state index contributed by atoms with van der Waals surface area (Å²) < 4.78 is 33.7. The largest absolute Gasteiger partial charge is 0.491 e. The van der Waals surface area contributed by atoms with E-state index in [0.717, 1.165) is 50.3 Å². The number of ether oxygens (including phenoxy) is 6. The van der Waals surface area contributed by atoms with E-state index in [0.29, 0.717) is 66.1 Å². The molecule has 0 unspecified atom stereocenters. The van der Waals surface area contributed by atoms with Gasteiger partial charge in [0, 0.05) is 22.0 Å². The lowest BCUT2D eigenvalue weighted by atomic mass is 10.1. The molecule has 0 saturated carbocycles. The Kier molecular flexibility index (Phi) is 12.9. The minimum Gasteiger partial charge on any atom is -0.491 e. The van der Waals surface area contributed by atoms with Gasteiger partial charge in [-0.3, -0.25) is 4.98 Å². The van der Waals surface area contributed by atoms with Gasteiger partial charge >= 0.3 is 0 Å². The zero-order valence-corrected chi connectivity index (χ0v) is 26.7. The molecular formula is C38H42N2O6. The third-order valence-corrected chi connectivity index (χ3v) is 7.16. The average molecular weight is 623 g/mol. The van der Waals surface area contributed by atoms with E-state index in [1.807, 2.05) is 79.7 Å². The maximum atomic E-state index is 5.84. The lowest BCUT2D eigenvalue weighted by Gasteiger charge is -2.09. The molecule has 5 aromatic rings. The van der Waals surface area contributed by atoms with Crippen LogP contribution in [-0.2, 0) is 18.9 Å². The van der Waals surface area contributed by atoms with Gasteiger partial charge in [0.05, 0.1) is 69.6 Å². The zero-order chi connectivity index (χ0) is 31.8. The van der Waals surface area contributed by atoms with Gasteiger partial charge < -0.3 is 28.4 Å². The predicted octanol–water partition coefficient (Wildman–Crippen LogP) is 7.15. The van der Waals surface area contributed by atoms with Gasteiger partial charge in [0.15, 0.2) is 0 Å². The molecule has 0 aliphatic heterocycles. The fraction of sp³-hybridized carbons (Fsp3) is 0.316. The van der Waals surface area contributed by atoms with E-state index in [9.17, 15) is 0 Å². The summed E-state index contributed by atoms with van der Waals surface area (Å²) in [5.74, 6) is 1.65. The Bertz CT molecular complexity index is 1670. The number of hydrogen-bond donors (Lipinski definition) is 0. The summed E-state index contributed by atoms with van der Waals surface area (Å²) in [5.41, 5.74) is 5.97. The lowest BCUT2D eigenvalue weighted by molar-refractivity contribution is 0.0424. The van der Waals surface area contributed by atoms with E-state index in [1.165, 1.54) is 5.56 Å². The fourth-order valence-electron chi connectivity index (χ4n) is 4.70. The number of rotatable bonds is 19. The second-order valence-electron chi connectivity index (χ2n) is 10.7. The highest BCUT2D eigenvalue weighted by molar-refractivity contribution is 6.03.